The van der Waals surface area contributed by atoms with E-state index in [1.54, 1.807) is 43.3 Å². The number of amides is 1. The Bertz CT molecular complexity index is 1140. The first-order valence-corrected chi connectivity index (χ1v) is 10.1. The van der Waals surface area contributed by atoms with Gasteiger partial charge in [-0.15, -0.1) is 0 Å². The lowest BCUT2D eigenvalue weighted by Crippen LogP contribution is -2.17. The van der Waals surface area contributed by atoms with Crippen LogP contribution in [-0.4, -0.2) is 14.3 Å². The van der Waals surface area contributed by atoms with Gasteiger partial charge in [0, 0.05) is 16.9 Å². The van der Waals surface area contributed by atoms with Crippen LogP contribution in [0, 0.1) is 12.7 Å². The lowest BCUT2D eigenvalue weighted by molar-refractivity contribution is 0.102. The van der Waals surface area contributed by atoms with E-state index < -0.39 is 21.7 Å². The smallest absolute Gasteiger partial charge is 0.262 e. The van der Waals surface area contributed by atoms with Crippen molar-refractivity contribution in [2.24, 2.45) is 0 Å². The number of halogens is 2. The number of hydrogen-bond acceptors (Lipinski definition) is 3. The average molecular weight is 419 g/mol. The SMILES string of the molecule is Cc1ccc(C(=O)Nc2ccc(F)c(Cl)c2)cc1S(=O)(=O)Nc1ccccc1. The molecule has 0 aromatic heterocycles. The van der Waals surface area contributed by atoms with Crippen LogP contribution in [0.3, 0.4) is 0 Å². The Morgan fingerprint density at radius 2 is 1.68 bits per heavy atom. The van der Waals surface area contributed by atoms with Gasteiger partial charge in [0.05, 0.1) is 9.92 Å². The molecule has 0 unspecified atom stereocenters. The van der Waals surface area contributed by atoms with E-state index >= 15 is 0 Å². The van der Waals surface area contributed by atoms with Gasteiger partial charge in [-0.1, -0.05) is 35.9 Å². The second kappa shape index (κ2) is 8.00. The first kappa shape index (κ1) is 19.9. The molecule has 5 nitrogen and oxygen atoms in total. The summed E-state index contributed by atoms with van der Waals surface area (Å²) in [6.45, 7) is 1.64. The summed E-state index contributed by atoms with van der Waals surface area (Å²) in [6.07, 6.45) is 0. The molecule has 3 aromatic rings. The maximum atomic E-state index is 13.2. The molecule has 0 radical (unpaired) electrons. The third kappa shape index (κ3) is 4.49. The fourth-order valence-electron chi connectivity index (χ4n) is 2.52. The molecule has 0 aliphatic carbocycles. The number of benzene rings is 3. The molecule has 2 N–H and O–H groups in total. The summed E-state index contributed by atoms with van der Waals surface area (Å²) in [5.41, 5.74) is 1.34. The number of nitrogens with one attached hydrogen (secondary N) is 2. The molecule has 144 valence electrons. The summed E-state index contributed by atoms with van der Waals surface area (Å²) in [5, 5.41) is 2.44. The number of carbonyl (C=O) groups is 1. The highest BCUT2D eigenvalue weighted by Crippen LogP contribution is 2.23. The molecule has 0 aliphatic heterocycles. The number of carbonyl (C=O) groups excluding carboxylic acids is 1. The van der Waals surface area contributed by atoms with Crippen molar-refractivity contribution in [3.63, 3.8) is 0 Å². The monoisotopic (exact) mass is 418 g/mol. The predicted molar refractivity (Wildman–Crippen MR) is 108 cm³/mol. The Morgan fingerprint density at radius 3 is 2.36 bits per heavy atom. The summed E-state index contributed by atoms with van der Waals surface area (Å²) >= 11 is 5.71. The van der Waals surface area contributed by atoms with E-state index in [4.69, 9.17) is 11.6 Å². The van der Waals surface area contributed by atoms with Crippen molar-refractivity contribution in [2.75, 3.05) is 10.0 Å². The molecule has 0 aliphatic rings. The molecule has 0 spiro atoms. The summed E-state index contributed by atoms with van der Waals surface area (Å²) in [5.74, 6) is -1.14. The Kier molecular flexibility index (Phi) is 5.67. The van der Waals surface area contributed by atoms with E-state index in [0.717, 1.165) is 6.07 Å². The quantitative estimate of drug-likeness (QED) is 0.622. The molecule has 0 heterocycles. The molecule has 3 aromatic carbocycles. The zero-order chi connectivity index (χ0) is 20.3. The maximum absolute atomic E-state index is 13.2. The molecule has 0 saturated carbocycles. The Hall–Kier alpha value is -2.90. The molecule has 3 rings (SSSR count). The zero-order valence-corrected chi connectivity index (χ0v) is 16.3. The van der Waals surface area contributed by atoms with Gasteiger partial charge in [-0.3, -0.25) is 9.52 Å². The van der Waals surface area contributed by atoms with E-state index in [2.05, 4.69) is 10.0 Å². The average Bonchev–Trinajstić information content (AvgIpc) is 2.65. The standard InChI is InChI=1S/C20H16ClFN2O3S/c1-13-7-8-14(20(25)23-16-9-10-18(22)17(21)12-16)11-19(13)28(26,27)24-15-5-3-2-4-6-15/h2-12,24H,1H3,(H,23,25). The Morgan fingerprint density at radius 1 is 0.964 bits per heavy atom. The minimum atomic E-state index is -3.89. The van der Waals surface area contributed by atoms with Crippen LogP contribution in [-0.2, 0) is 10.0 Å². The van der Waals surface area contributed by atoms with Gasteiger partial charge in [0.25, 0.3) is 15.9 Å². The van der Waals surface area contributed by atoms with Gasteiger partial charge in [-0.05, 0) is 55.0 Å². The first-order chi connectivity index (χ1) is 13.3. The van der Waals surface area contributed by atoms with Crippen LogP contribution in [0.25, 0.3) is 0 Å². The molecule has 0 saturated heterocycles. The van der Waals surface area contributed by atoms with Crippen LogP contribution in [0.4, 0.5) is 15.8 Å². The summed E-state index contributed by atoms with van der Waals surface area (Å²) in [4.78, 5) is 12.5. The number of aryl methyl sites for hydroxylation is 1. The fourth-order valence-corrected chi connectivity index (χ4v) is 4.04. The van der Waals surface area contributed by atoms with Crippen molar-refractivity contribution in [1.82, 2.24) is 0 Å². The summed E-state index contributed by atoms with van der Waals surface area (Å²) < 4.78 is 41.2. The number of rotatable bonds is 5. The highest BCUT2D eigenvalue weighted by molar-refractivity contribution is 7.92. The lowest BCUT2D eigenvalue weighted by atomic mass is 10.1. The van der Waals surface area contributed by atoms with Gasteiger partial charge in [0.15, 0.2) is 0 Å². The van der Waals surface area contributed by atoms with Gasteiger partial charge in [0.1, 0.15) is 5.82 Å². The minimum absolute atomic E-state index is 0.0128. The zero-order valence-electron chi connectivity index (χ0n) is 14.7. The van der Waals surface area contributed by atoms with Gasteiger partial charge in [0.2, 0.25) is 0 Å². The molecule has 8 heteroatoms. The predicted octanol–water partition coefficient (Wildman–Crippen LogP) is 4.84. The molecule has 0 bridgehead atoms. The van der Waals surface area contributed by atoms with Gasteiger partial charge < -0.3 is 5.32 Å². The van der Waals surface area contributed by atoms with Gasteiger partial charge >= 0.3 is 0 Å². The molecule has 0 atom stereocenters. The highest BCUT2D eigenvalue weighted by Gasteiger charge is 2.19. The van der Waals surface area contributed by atoms with Crippen LogP contribution in [0.15, 0.2) is 71.6 Å². The van der Waals surface area contributed by atoms with Crippen LogP contribution in [0.5, 0.6) is 0 Å². The number of para-hydroxylation sites is 1. The van der Waals surface area contributed by atoms with Crippen molar-refractivity contribution in [1.29, 1.82) is 0 Å². The molecule has 0 fully saturated rings. The van der Waals surface area contributed by atoms with E-state index in [1.807, 2.05) is 0 Å². The summed E-state index contributed by atoms with van der Waals surface area (Å²) in [6, 6.07) is 16.6. The first-order valence-electron chi connectivity index (χ1n) is 8.21. The van der Waals surface area contributed by atoms with Crippen molar-refractivity contribution in [3.8, 4) is 0 Å². The third-order valence-corrected chi connectivity index (χ3v) is 5.76. The van der Waals surface area contributed by atoms with Crippen molar-refractivity contribution < 1.29 is 17.6 Å². The normalized spacial score (nSPS) is 11.1. The van der Waals surface area contributed by atoms with Gasteiger partial charge in [-0.25, -0.2) is 12.8 Å². The molecular weight excluding hydrogens is 403 g/mol. The fraction of sp³-hybridized carbons (Fsp3) is 0.0500. The van der Waals surface area contributed by atoms with E-state index in [9.17, 15) is 17.6 Å². The highest BCUT2D eigenvalue weighted by atomic mass is 35.5. The molecule has 1 amide bonds. The number of hydrogen-bond donors (Lipinski definition) is 2. The van der Waals surface area contributed by atoms with E-state index in [1.165, 1.54) is 24.3 Å². The van der Waals surface area contributed by atoms with Gasteiger partial charge in [-0.2, -0.15) is 0 Å². The lowest BCUT2D eigenvalue weighted by Gasteiger charge is -2.12. The van der Waals surface area contributed by atoms with Crippen LogP contribution in [0.2, 0.25) is 5.02 Å². The topological polar surface area (TPSA) is 75.3 Å². The van der Waals surface area contributed by atoms with Crippen molar-refractivity contribution in [3.05, 3.63) is 88.7 Å². The number of anilines is 2. The van der Waals surface area contributed by atoms with Crippen LogP contribution < -0.4 is 10.0 Å². The summed E-state index contributed by atoms with van der Waals surface area (Å²) in [7, 11) is -3.89. The molecule has 28 heavy (non-hydrogen) atoms. The van der Waals surface area contributed by atoms with Crippen molar-refractivity contribution in [2.45, 2.75) is 11.8 Å². The maximum Gasteiger partial charge on any atom is 0.262 e. The van der Waals surface area contributed by atoms with Crippen molar-refractivity contribution >= 4 is 38.9 Å². The van der Waals surface area contributed by atoms with Crippen LogP contribution >= 0.6 is 11.6 Å². The Balaban J connectivity index is 1.88. The van der Waals surface area contributed by atoms with Crippen LogP contribution in [0.1, 0.15) is 15.9 Å². The van der Waals surface area contributed by atoms with E-state index in [-0.39, 0.29) is 15.5 Å². The number of sulfonamides is 1. The second-order valence-corrected chi connectivity index (χ2v) is 8.09. The second-order valence-electron chi connectivity index (χ2n) is 6.03. The molecular formula is C20H16ClFN2O3S. The Labute approximate surface area is 167 Å². The largest absolute Gasteiger partial charge is 0.322 e. The van der Waals surface area contributed by atoms with E-state index in [0.29, 0.717) is 16.9 Å². The minimum Gasteiger partial charge on any atom is -0.322 e. The third-order valence-electron chi connectivity index (χ3n) is 3.94.